The van der Waals surface area contributed by atoms with Crippen molar-refractivity contribution in [2.24, 2.45) is 11.5 Å². The van der Waals surface area contributed by atoms with E-state index in [-0.39, 0.29) is 76.6 Å². The monoisotopic (exact) mass is 1330 g/mol. The molecule has 78 heavy (non-hydrogen) atoms. The van der Waals surface area contributed by atoms with E-state index >= 15 is 0 Å². The molecule has 4 atom stereocenters. The molecule has 0 bridgehead atoms. The third-order valence-corrected chi connectivity index (χ3v) is 11.6. The number of hydrogen-bond donors (Lipinski definition) is 11. The Morgan fingerprint density at radius 2 is 0.872 bits per heavy atom. The van der Waals surface area contributed by atoms with Crippen LogP contribution >= 0.6 is 45.2 Å². The van der Waals surface area contributed by atoms with Crippen molar-refractivity contribution in [2.45, 2.75) is 194 Å². The number of nitrogens with zero attached hydrogens (tertiary/aromatic N) is 6. The Hall–Kier alpha value is -6.04. The molecule has 0 saturated carbocycles. The van der Waals surface area contributed by atoms with Gasteiger partial charge in [0.15, 0.2) is 0 Å². The van der Waals surface area contributed by atoms with Gasteiger partial charge in [0.05, 0.1) is 11.4 Å². The molecule has 440 valence electrons. The molecule has 0 spiro atoms. The fourth-order valence-corrected chi connectivity index (χ4v) is 7.63. The lowest BCUT2D eigenvalue weighted by atomic mass is 10.1. The Bertz CT molecular complexity index is 2350. The van der Waals surface area contributed by atoms with Gasteiger partial charge >= 0.3 is 47.9 Å². The van der Waals surface area contributed by atoms with Gasteiger partial charge in [-0.2, -0.15) is 0 Å². The Balaban J connectivity index is 0.000000818. The number of aliphatic carboxylic acids is 3. The van der Waals surface area contributed by atoms with Gasteiger partial charge in [0.25, 0.3) is 0 Å². The van der Waals surface area contributed by atoms with Crippen LogP contribution in [0.25, 0.3) is 0 Å². The highest BCUT2D eigenvalue weighted by molar-refractivity contribution is 14.1. The molecule has 30 nitrogen and oxygen atoms in total. The molecule has 0 fully saturated rings. The van der Waals surface area contributed by atoms with Crippen molar-refractivity contribution in [1.82, 2.24) is 61.9 Å². The van der Waals surface area contributed by atoms with Crippen molar-refractivity contribution < 1.29 is 77.5 Å². The molecular formula is C46H76I2N14O16. The van der Waals surface area contributed by atoms with Crippen molar-refractivity contribution >= 4 is 105 Å². The van der Waals surface area contributed by atoms with E-state index in [9.17, 15) is 53.1 Å². The van der Waals surface area contributed by atoms with Gasteiger partial charge in [0, 0.05) is 39.0 Å². The molecule has 2 heterocycles. The lowest BCUT2D eigenvalue weighted by molar-refractivity contribution is -0.159. The fraction of sp³-hybridized carbons (Fsp3) is 0.696. The second kappa shape index (κ2) is 34.1. The third kappa shape index (κ3) is 30.2. The molecule has 0 unspecified atom stereocenters. The number of carbonyl (C=O) groups excluding carboxylic acids is 7. The molecule has 6 amide bonds. The molecule has 2 aromatic heterocycles. The van der Waals surface area contributed by atoms with Crippen LogP contribution < -0.4 is 43.4 Å². The summed E-state index contributed by atoms with van der Waals surface area (Å²) in [5, 5.41) is 57.3. The van der Waals surface area contributed by atoms with Gasteiger partial charge in [-0.1, -0.05) is 10.4 Å². The van der Waals surface area contributed by atoms with Crippen LogP contribution in [0, 0.1) is 7.40 Å². The Morgan fingerprint density at radius 3 is 1.23 bits per heavy atom. The molecule has 32 heteroatoms. The maximum absolute atomic E-state index is 13.0. The Kier molecular flexibility index (Phi) is 30.6. The molecule has 0 radical (unpaired) electrons. The van der Waals surface area contributed by atoms with E-state index < -0.39 is 95.3 Å². The van der Waals surface area contributed by atoms with Crippen LogP contribution in [0.2, 0.25) is 0 Å². The fourth-order valence-electron chi connectivity index (χ4n) is 6.44. The van der Waals surface area contributed by atoms with Crippen molar-refractivity contribution in [3.63, 3.8) is 0 Å². The number of carboxylic acid groups (broad SMARTS) is 3. The number of carboxylic acids is 3. The predicted octanol–water partition coefficient (Wildman–Crippen LogP) is 1.17. The average Bonchev–Trinajstić information content (AvgIpc) is 3.84. The summed E-state index contributed by atoms with van der Waals surface area (Å²) >= 11 is 3.96. The lowest BCUT2D eigenvalue weighted by Crippen LogP contribution is -2.53. The summed E-state index contributed by atoms with van der Waals surface area (Å²) in [6, 6.07) is -6.84. The number of carbonyl (C=O) groups is 10. The van der Waals surface area contributed by atoms with Gasteiger partial charge in [-0.15, -0.1) is 10.2 Å². The number of urea groups is 2. The molecule has 13 N–H and O–H groups in total. The number of nitrogens with two attached hydrogens (primary N) is 2. The van der Waals surface area contributed by atoms with Crippen molar-refractivity contribution in [3.05, 3.63) is 18.8 Å². The minimum absolute atomic E-state index is 0.0302. The summed E-state index contributed by atoms with van der Waals surface area (Å²) in [5.41, 5.74) is 10.2. The van der Waals surface area contributed by atoms with Crippen LogP contribution in [0.15, 0.2) is 0 Å². The number of amides is 6. The van der Waals surface area contributed by atoms with Gasteiger partial charge < -0.3 is 72.9 Å². The number of ether oxygens (including phenoxy) is 3. The summed E-state index contributed by atoms with van der Waals surface area (Å²) in [6.07, 6.45) is 0.904. The SMILES string of the molecule is CC(C)(C)OC(=O)CC[C@H](NC(=O)N[C@@H](CCCCNC(=O)Cn1nnc(I)c1CN)C(=O)OC(C)(C)C)C(=O)OC(C)(C)C.NCc1c(I)nnn1CC(=O)NCCCC[C@H](NC(=O)N[C@@H](CCC(=O)O)C(=O)O)C(=O)O. The average molecular weight is 1340 g/mol. The zero-order chi connectivity index (χ0) is 59.6. The number of unbranched alkanes of at least 4 members (excludes halogenated alkanes) is 2. The standard InChI is InChI=1S/C29H50IN7O8.C17H26IN7O8/c1-27(2,3)43-22(39)14-13-19(25(41)45-29(7,8)9)34-26(42)33-18(24(40)44-28(4,5)6)12-10-11-15-32-21(38)17-37-20(16-31)23(30)35-36-37;18-14-11(7-19)25(24-23-14)8-12(26)20-6-2-1-3-9(15(29)30)21-17(33)22-10(16(31)32)4-5-13(27)28/h18-19H,10-17,31H2,1-9H3,(H,32,38)(H2,33,34,42);9-10H,1-8,19H2,(H,20,26)(H,27,28)(H,29,30)(H,31,32)(H2,21,22,33)/t18-,19-;9-,10-/m00/s1. The topological polar surface area (TPSA) is 445 Å². The van der Waals surface area contributed by atoms with Crippen LogP contribution in [0.1, 0.15) is 138 Å². The van der Waals surface area contributed by atoms with Gasteiger partial charge in [-0.05, 0) is 159 Å². The lowest BCUT2D eigenvalue weighted by Gasteiger charge is -2.27. The first-order chi connectivity index (χ1) is 36.1. The first kappa shape index (κ1) is 70.0. The Morgan fingerprint density at radius 1 is 0.526 bits per heavy atom. The van der Waals surface area contributed by atoms with Crippen LogP contribution in [0.3, 0.4) is 0 Å². The molecule has 0 aliphatic carbocycles. The number of nitrogens with one attached hydrogen (secondary N) is 6. The van der Waals surface area contributed by atoms with Crippen molar-refractivity contribution in [2.75, 3.05) is 13.1 Å². The molecule has 2 aromatic rings. The van der Waals surface area contributed by atoms with E-state index in [0.717, 1.165) is 0 Å². The number of halogens is 2. The summed E-state index contributed by atoms with van der Waals surface area (Å²) in [7, 11) is 0. The molecule has 0 aliphatic heterocycles. The number of hydrogen-bond acceptors (Lipinski definition) is 19. The van der Waals surface area contributed by atoms with Crippen LogP contribution in [-0.4, -0.2) is 159 Å². The van der Waals surface area contributed by atoms with Crippen LogP contribution in [0.4, 0.5) is 9.59 Å². The Labute approximate surface area is 478 Å². The van der Waals surface area contributed by atoms with E-state index in [1.807, 2.05) is 45.2 Å². The maximum atomic E-state index is 13.0. The highest BCUT2D eigenvalue weighted by Crippen LogP contribution is 2.16. The molecule has 0 aliphatic rings. The van der Waals surface area contributed by atoms with E-state index in [2.05, 4.69) is 52.5 Å². The summed E-state index contributed by atoms with van der Waals surface area (Å²) < 4.78 is 20.3. The first-order valence-corrected chi connectivity index (χ1v) is 26.9. The summed E-state index contributed by atoms with van der Waals surface area (Å²) in [6.45, 7) is 16.2. The zero-order valence-corrected chi connectivity index (χ0v) is 49.7. The molecule has 0 saturated heterocycles. The van der Waals surface area contributed by atoms with E-state index in [1.54, 1.807) is 62.3 Å². The minimum Gasteiger partial charge on any atom is -0.481 e. The third-order valence-electron chi connectivity index (χ3n) is 9.94. The van der Waals surface area contributed by atoms with Crippen LogP contribution in [0.5, 0.6) is 0 Å². The zero-order valence-electron chi connectivity index (χ0n) is 45.4. The van der Waals surface area contributed by atoms with Gasteiger partial charge in [-0.25, -0.2) is 38.1 Å². The summed E-state index contributed by atoms with van der Waals surface area (Å²) in [5.74, 6) is -6.49. The van der Waals surface area contributed by atoms with Gasteiger partial charge in [0.1, 0.15) is 61.5 Å². The smallest absolute Gasteiger partial charge is 0.329 e. The number of rotatable bonds is 30. The molecule has 2 rings (SSSR count). The van der Waals surface area contributed by atoms with Gasteiger partial charge in [0.2, 0.25) is 11.8 Å². The predicted molar refractivity (Wildman–Crippen MR) is 292 cm³/mol. The first-order valence-electron chi connectivity index (χ1n) is 24.7. The van der Waals surface area contributed by atoms with Crippen molar-refractivity contribution in [3.8, 4) is 0 Å². The maximum Gasteiger partial charge on any atom is 0.329 e. The van der Waals surface area contributed by atoms with Crippen LogP contribution in [-0.2, 0) is 78.7 Å². The quantitative estimate of drug-likeness (QED) is 0.0226. The van der Waals surface area contributed by atoms with E-state index in [1.165, 1.54) is 9.36 Å². The highest BCUT2D eigenvalue weighted by atomic mass is 127. The number of aromatic nitrogens is 6. The molecular weight excluding hydrogens is 1260 g/mol. The molecule has 0 aromatic carbocycles. The second-order valence-corrected chi connectivity index (χ2v) is 22.4. The largest absolute Gasteiger partial charge is 0.481 e. The van der Waals surface area contributed by atoms with Gasteiger partial charge in [-0.3, -0.25) is 19.2 Å². The number of esters is 3. The van der Waals surface area contributed by atoms with Crippen molar-refractivity contribution in [1.29, 1.82) is 0 Å². The normalized spacial score (nSPS) is 12.9. The minimum atomic E-state index is -1.47. The summed E-state index contributed by atoms with van der Waals surface area (Å²) in [4.78, 5) is 121. The highest BCUT2D eigenvalue weighted by Gasteiger charge is 2.32. The van der Waals surface area contributed by atoms with E-state index in [0.29, 0.717) is 51.0 Å². The van der Waals surface area contributed by atoms with E-state index in [4.69, 9.17) is 35.9 Å². The second-order valence-electron chi connectivity index (χ2n) is 20.3.